The largest absolute Gasteiger partial charge is 0.144 e. The highest BCUT2D eigenvalue weighted by molar-refractivity contribution is 9.09. The van der Waals surface area contributed by atoms with Crippen molar-refractivity contribution in [2.45, 2.75) is 19.8 Å². The van der Waals surface area contributed by atoms with E-state index in [0.717, 1.165) is 18.2 Å². The molecule has 0 saturated heterocycles. The first-order valence-electron chi connectivity index (χ1n) is 7.33. The van der Waals surface area contributed by atoms with Crippen LogP contribution in [-0.4, -0.2) is 5.33 Å². The molecule has 0 N–H and O–H groups in total. The molecular formula is C19H19BrS. The third-order valence-electron chi connectivity index (χ3n) is 3.89. The summed E-state index contributed by atoms with van der Waals surface area (Å²) in [6.45, 7) is 2.17. The summed E-state index contributed by atoms with van der Waals surface area (Å²) in [5.41, 5.74) is 4.29. The van der Waals surface area contributed by atoms with E-state index >= 15 is 0 Å². The Hall–Kier alpha value is -1.12. The molecule has 2 aromatic carbocycles. The fraction of sp³-hybridized carbons (Fsp3) is 0.263. The summed E-state index contributed by atoms with van der Waals surface area (Å²) in [5, 5.41) is 4.81. The number of hydrogen-bond acceptors (Lipinski definition) is 1. The van der Waals surface area contributed by atoms with Gasteiger partial charge >= 0.3 is 0 Å². The van der Waals surface area contributed by atoms with Gasteiger partial charge in [0, 0.05) is 10.0 Å². The molecule has 1 atom stereocenters. The quantitative estimate of drug-likeness (QED) is 0.490. The summed E-state index contributed by atoms with van der Waals surface area (Å²) in [4.78, 5) is 0. The van der Waals surface area contributed by atoms with Gasteiger partial charge in [-0.2, -0.15) is 0 Å². The van der Waals surface area contributed by atoms with Gasteiger partial charge in [-0.25, -0.2) is 0 Å². The Morgan fingerprint density at radius 2 is 1.90 bits per heavy atom. The van der Waals surface area contributed by atoms with Gasteiger partial charge < -0.3 is 0 Å². The maximum atomic E-state index is 3.71. The molecule has 2 heteroatoms. The van der Waals surface area contributed by atoms with Crippen LogP contribution in [0, 0.1) is 12.8 Å². The van der Waals surface area contributed by atoms with E-state index in [1.165, 1.54) is 26.8 Å². The van der Waals surface area contributed by atoms with Crippen LogP contribution in [0.4, 0.5) is 0 Å². The zero-order valence-corrected chi connectivity index (χ0v) is 14.6. The number of halogens is 1. The molecule has 3 rings (SSSR count). The van der Waals surface area contributed by atoms with Crippen LogP contribution >= 0.6 is 27.3 Å². The van der Waals surface area contributed by atoms with Crippen LogP contribution in [0.3, 0.4) is 0 Å². The van der Waals surface area contributed by atoms with Crippen LogP contribution in [0.25, 0.3) is 10.1 Å². The second kappa shape index (κ2) is 6.76. The summed E-state index contributed by atoms with van der Waals surface area (Å²) in [5.74, 6) is 0.643. The Bertz CT molecular complexity index is 729. The van der Waals surface area contributed by atoms with Crippen LogP contribution in [0.15, 0.2) is 53.9 Å². The first kappa shape index (κ1) is 14.8. The Morgan fingerprint density at radius 3 is 2.71 bits per heavy atom. The smallest absolute Gasteiger partial charge is 0.0345 e. The molecule has 0 spiro atoms. The summed E-state index contributed by atoms with van der Waals surface area (Å²) in [6, 6.07) is 17.6. The van der Waals surface area contributed by atoms with Gasteiger partial charge in [0.05, 0.1) is 0 Å². The van der Waals surface area contributed by atoms with Crippen molar-refractivity contribution in [3.05, 3.63) is 70.6 Å². The number of benzene rings is 2. The zero-order valence-electron chi connectivity index (χ0n) is 12.2. The molecule has 108 valence electrons. The van der Waals surface area contributed by atoms with E-state index in [4.69, 9.17) is 0 Å². The van der Waals surface area contributed by atoms with Crippen molar-refractivity contribution in [3.8, 4) is 0 Å². The number of rotatable bonds is 5. The second-order valence-corrected chi connectivity index (χ2v) is 7.23. The third kappa shape index (κ3) is 3.56. The molecule has 0 radical (unpaired) electrons. The van der Waals surface area contributed by atoms with Crippen LogP contribution in [0.2, 0.25) is 0 Å². The Labute approximate surface area is 139 Å². The molecule has 0 aliphatic carbocycles. The van der Waals surface area contributed by atoms with E-state index in [0.29, 0.717) is 5.92 Å². The first-order valence-corrected chi connectivity index (χ1v) is 9.33. The number of aryl methyl sites for hydroxylation is 1. The minimum Gasteiger partial charge on any atom is -0.144 e. The molecule has 0 bridgehead atoms. The molecule has 0 aliphatic heterocycles. The number of fused-ring (bicyclic) bond motifs is 1. The Kier molecular flexibility index (Phi) is 4.77. The lowest BCUT2D eigenvalue weighted by Gasteiger charge is -2.14. The van der Waals surface area contributed by atoms with E-state index < -0.39 is 0 Å². The van der Waals surface area contributed by atoms with Gasteiger partial charge in [0.1, 0.15) is 0 Å². The monoisotopic (exact) mass is 358 g/mol. The lowest BCUT2D eigenvalue weighted by molar-refractivity contribution is 0.594. The average molecular weight is 359 g/mol. The predicted molar refractivity (Wildman–Crippen MR) is 97.7 cm³/mol. The first-order chi connectivity index (χ1) is 10.3. The predicted octanol–water partition coefficient (Wildman–Crippen LogP) is 6.01. The highest BCUT2D eigenvalue weighted by atomic mass is 79.9. The maximum absolute atomic E-state index is 3.71. The van der Waals surface area contributed by atoms with Gasteiger partial charge in [0.25, 0.3) is 0 Å². The maximum Gasteiger partial charge on any atom is 0.0345 e. The van der Waals surface area contributed by atoms with E-state index in [1.54, 1.807) is 0 Å². The summed E-state index contributed by atoms with van der Waals surface area (Å²) < 4.78 is 1.40. The highest BCUT2D eigenvalue weighted by Crippen LogP contribution is 2.29. The van der Waals surface area contributed by atoms with Gasteiger partial charge in [-0.1, -0.05) is 64.0 Å². The standard InChI is InChI=1S/C19H19BrS/c1-14-5-4-6-15(9-14)10-16(12-20)11-17-13-21-19-8-3-2-7-18(17)19/h2-9,13,16H,10-12H2,1H3. The van der Waals surface area contributed by atoms with Crippen LogP contribution in [-0.2, 0) is 12.8 Å². The SMILES string of the molecule is Cc1cccc(CC(CBr)Cc2csc3ccccc23)c1. The zero-order chi connectivity index (χ0) is 14.7. The van der Waals surface area contributed by atoms with E-state index in [9.17, 15) is 0 Å². The molecular weight excluding hydrogens is 340 g/mol. The normalized spacial score (nSPS) is 12.7. The molecule has 0 saturated carbocycles. The molecule has 0 nitrogen and oxygen atoms in total. The van der Waals surface area contributed by atoms with Crippen molar-refractivity contribution >= 4 is 37.4 Å². The minimum atomic E-state index is 0.643. The van der Waals surface area contributed by atoms with Crippen molar-refractivity contribution in [3.63, 3.8) is 0 Å². The molecule has 0 aliphatic rings. The lowest BCUT2D eigenvalue weighted by atomic mass is 9.93. The molecule has 3 aromatic rings. The summed E-state index contributed by atoms with van der Waals surface area (Å²) >= 11 is 5.56. The summed E-state index contributed by atoms with van der Waals surface area (Å²) in [7, 11) is 0. The fourth-order valence-electron chi connectivity index (χ4n) is 2.86. The van der Waals surface area contributed by atoms with Gasteiger partial charge in [0.2, 0.25) is 0 Å². The van der Waals surface area contributed by atoms with Gasteiger partial charge in [-0.3, -0.25) is 0 Å². The van der Waals surface area contributed by atoms with Crippen LogP contribution < -0.4 is 0 Å². The molecule has 21 heavy (non-hydrogen) atoms. The number of alkyl halides is 1. The van der Waals surface area contributed by atoms with Crippen LogP contribution in [0.1, 0.15) is 16.7 Å². The summed E-state index contributed by atoms with van der Waals surface area (Å²) in [6.07, 6.45) is 2.28. The number of hydrogen-bond donors (Lipinski definition) is 0. The molecule has 1 unspecified atom stereocenters. The van der Waals surface area contributed by atoms with E-state index in [1.807, 2.05) is 11.3 Å². The molecule has 0 fully saturated rings. The van der Waals surface area contributed by atoms with Crippen molar-refractivity contribution in [2.75, 3.05) is 5.33 Å². The minimum absolute atomic E-state index is 0.643. The van der Waals surface area contributed by atoms with Gasteiger partial charge in [-0.05, 0) is 53.6 Å². The molecule has 0 amide bonds. The van der Waals surface area contributed by atoms with Crippen molar-refractivity contribution < 1.29 is 0 Å². The van der Waals surface area contributed by atoms with Crippen molar-refractivity contribution in [1.82, 2.24) is 0 Å². The fourth-order valence-corrected chi connectivity index (χ4v) is 4.29. The third-order valence-corrected chi connectivity index (χ3v) is 5.82. The molecule has 1 heterocycles. The van der Waals surface area contributed by atoms with Crippen molar-refractivity contribution in [1.29, 1.82) is 0 Å². The highest BCUT2D eigenvalue weighted by Gasteiger charge is 2.12. The second-order valence-electron chi connectivity index (χ2n) is 5.67. The van der Waals surface area contributed by atoms with Crippen LogP contribution in [0.5, 0.6) is 0 Å². The lowest BCUT2D eigenvalue weighted by Crippen LogP contribution is -2.09. The average Bonchev–Trinajstić information content (AvgIpc) is 2.90. The van der Waals surface area contributed by atoms with E-state index in [2.05, 4.69) is 76.8 Å². The van der Waals surface area contributed by atoms with Gasteiger partial charge in [0.15, 0.2) is 0 Å². The molecule has 1 aromatic heterocycles. The van der Waals surface area contributed by atoms with Gasteiger partial charge in [-0.15, -0.1) is 11.3 Å². The number of thiophene rings is 1. The topological polar surface area (TPSA) is 0 Å². The van der Waals surface area contributed by atoms with E-state index in [-0.39, 0.29) is 0 Å². The van der Waals surface area contributed by atoms with Crippen molar-refractivity contribution in [2.24, 2.45) is 5.92 Å². The Morgan fingerprint density at radius 1 is 1.05 bits per heavy atom. The Balaban J connectivity index is 1.78.